The molecule has 2 aromatic rings. The second kappa shape index (κ2) is 4.15. The van der Waals surface area contributed by atoms with Crippen molar-refractivity contribution in [2.45, 2.75) is 0 Å². The highest BCUT2D eigenvalue weighted by molar-refractivity contribution is 7.10. The van der Waals surface area contributed by atoms with Crippen molar-refractivity contribution in [3.05, 3.63) is 30.0 Å². The van der Waals surface area contributed by atoms with Crippen LogP contribution in [0.25, 0.3) is 0 Å². The normalized spacial score (nSPS) is 10.0. The summed E-state index contributed by atoms with van der Waals surface area (Å²) in [6.45, 7) is 0. The summed E-state index contributed by atoms with van der Waals surface area (Å²) in [5, 5.41) is 25.0. The number of carbonyl (C=O) groups is 1. The number of benzene rings is 1. The quantitative estimate of drug-likeness (QED) is 0.729. The smallest absolute Gasteiger partial charge is 0.256 e. The number of hydrogen-bond donors (Lipinski definition) is 3. The fourth-order valence-electron chi connectivity index (χ4n) is 1.13. The molecule has 0 spiro atoms. The summed E-state index contributed by atoms with van der Waals surface area (Å²) in [7, 11) is 0. The molecule has 0 atom stereocenters. The number of phenols is 2. The number of hydrogen-bond acceptors (Lipinski definition) is 6. The predicted octanol–water partition coefficient (Wildman–Crippen LogP) is 1.20. The van der Waals surface area contributed by atoms with Gasteiger partial charge in [0.05, 0.1) is 6.20 Å². The van der Waals surface area contributed by atoms with Gasteiger partial charge in [-0.1, -0.05) is 4.49 Å². The third-order valence-corrected chi connectivity index (χ3v) is 2.34. The zero-order chi connectivity index (χ0) is 11.5. The van der Waals surface area contributed by atoms with Crippen molar-refractivity contribution in [2.75, 3.05) is 5.32 Å². The van der Waals surface area contributed by atoms with Crippen LogP contribution in [0.1, 0.15) is 10.4 Å². The predicted molar refractivity (Wildman–Crippen MR) is 57.6 cm³/mol. The number of aromatic nitrogens is 2. The first kappa shape index (κ1) is 10.4. The molecule has 0 bridgehead atoms. The fraction of sp³-hybridized carbons (Fsp3) is 0. The molecular weight excluding hydrogens is 230 g/mol. The van der Waals surface area contributed by atoms with Gasteiger partial charge in [-0.2, -0.15) is 0 Å². The number of rotatable bonds is 2. The molecule has 1 aromatic heterocycles. The molecule has 0 aliphatic rings. The topological polar surface area (TPSA) is 95.3 Å². The summed E-state index contributed by atoms with van der Waals surface area (Å²) in [4.78, 5) is 11.6. The van der Waals surface area contributed by atoms with E-state index < -0.39 is 5.91 Å². The van der Waals surface area contributed by atoms with Crippen molar-refractivity contribution in [1.82, 2.24) is 9.59 Å². The number of aromatic hydroxyl groups is 2. The summed E-state index contributed by atoms with van der Waals surface area (Å²) < 4.78 is 3.58. The largest absolute Gasteiger partial charge is 0.508 e. The highest BCUT2D eigenvalue weighted by Crippen LogP contribution is 2.21. The molecule has 0 aliphatic carbocycles. The molecule has 1 amide bonds. The molecule has 0 aliphatic heterocycles. The van der Waals surface area contributed by atoms with Gasteiger partial charge < -0.3 is 15.5 Å². The molecule has 1 aromatic carbocycles. The standard InChI is InChI=1S/C9H7N3O3S/c13-6-1-5(2-7(14)3-6)9(15)11-8-4-10-12-16-8/h1-4,13-14H,(H,11,15). The van der Waals surface area contributed by atoms with Gasteiger partial charge in [0.1, 0.15) is 16.5 Å². The molecular formula is C9H7N3O3S. The third-order valence-electron chi connectivity index (χ3n) is 1.76. The second-order valence-corrected chi connectivity index (χ2v) is 3.76. The van der Waals surface area contributed by atoms with E-state index in [-0.39, 0.29) is 17.1 Å². The Morgan fingerprint density at radius 2 is 1.94 bits per heavy atom. The summed E-state index contributed by atoms with van der Waals surface area (Å²) in [5.74, 6) is -0.794. The maximum atomic E-state index is 11.6. The minimum atomic E-state index is -0.447. The zero-order valence-electron chi connectivity index (χ0n) is 7.91. The summed E-state index contributed by atoms with van der Waals surface area (Å²) in [5.41, 5.74) is 0.158. The minimum Gasteiger partial charge on any atom is -0.508 e. The van der Waals surface area contributed by atoms with Crippen LogP contribution in [0.4, 0.5) is 5.00 Å². The fourth-order valence-corrected chi connectivity index (χ4v) is 1.55. The van der Waals surface area contributed by atoms with E-state index in [1.165, 1.54) is 18.3 Å². The first-order chi connectivity index (χ1) is 7.65. The average molecular weight is 237 g/mol. The van der Waals surface area contributed by atoms with Gasteiger partial charge in [-0.15, -0.1) is 5.10 Å². The summed E-state index contributed by atoms with van der Waals surface area (Å²) >= 11 is 1.04. The molecule has 6 nitrogen and oxygen atoms in total. The molecule has 7 heteroatoms. The van der Waals surface area contributed by atoms with Gasteiger partial charge in [0.2, 0.25) is 0 Å². The van der Waals surface area contributed by atoms with Crippen LogP contribution in [0.5, 0.6) is 11.5 Å². The number of carbonyl (C=O) groups excluding carboxylic acids is 1. The van der Waals surface area contributed by atoms with E-state index in [4.69, 9.17) is 0 Å². The lowest BCUT2D eigenvalue weighted by molar-refractivity contribution is 0.102. The van der Waals surface area contributed by atoms with Crippen molar-refractivity contribution >= 4 is 22.4 Å². The summed E-state index contributed by atoms with van der Waals surface area (Å²) in [6, 6.07) is 3.65. The van der Waals surface area contributed by atoms with Crippen molar-refractivity contribution < 1.29 is 15.0 Å². The molecule has 0 unspecified atom stereocenters. The molecule has 1 heterocycles. The first-order valence-corrected chi connectivity index (χ1v) is 5.04. The van der Waals surface area contributed by atoms with E-state index in [1.807, 2.05) is 0 Å². The lowest BCUT2D eigenvalue weighted by Crippen LogP contribution is -2.10. The molecule has 3 N–H and O–H groups in total. The van der Waals surface area contributed by atoms with Gasteiger partial charge in [0.15, 0.2) is 0 Å². The molecule has 0 fully saturated rings. The number of nitrogens with zero attached hydrogens (tertiary/aromatic N) is 2. The van der Waals surface area contributed by atoms with E-state index in [9.17, 15) is 15.0 Å². The van der Waals surface area contributed by atoms with Crippen LogP contribution in [-0.2, 0) is 0 Å². The van der Waals surface area contributed by atoms with Gasteiger partial charge in [-0.25, -0.2) is 0 Å². The SMILES string of the molecule is O=C(Nc1cnns1)c1cc(O)cc(O)c1. The van der Waals surface area contributed by atoms with Crippen LogP contribution in [-0.4, -0.2) is 25.7 Å². The Kier molecular flexibility index (Phi) is 2.69. The Bertz CT molecular complexity index is 492. The van der Waals surface area contributed by atoms with Crippen LogP contribution < -0.4 is 5.32 Å². The third kappa shape index (κ3) is 2.26. The van der Waals surface area contributed by atoms with Crippen molar-refractivity contribution in [3.8, 4) is 11.5 Å². The molecule has 0 radical (unpaired) electrons. The van der Waals surface area contributed by atoms with E-state index >= 15 is 0 Å². The second-order valence-electron chi connectivity index (χ2n) is 2.97. The van der Waals surface area contributed by atoms with Crippen molar-refractivity contribution in [1.29, 1.82) is 0 Å². The van der Waals surface area contributed by atoms with Gasteiger partial charge >= 0.3 is 0 Å². The van der Waals surface area contributed by atoms with E-state index in [0.29, 0.717) is 5.00 Å². The van der Waals surface area contributed by atoms with Crippen molar-refractivity contribution in [3.63, 3.8) is 0 Å². The van der Waals surface area contributed by atoms with Gasteiger partial charge in [-0.05, 0) is 12.1 Å². The molecule has 0 saturated carbocycles. The first-order valence-electron chi connectivity index (χ1n) is 4.27. The van der Waals surface area contributed by atoms with Gasteiger partial charge in [0, 0.05) is 23.2 Å². The Morgan fingerprint density at radius 3 is 2.50 bits per heavy atom. The number of amides is 1. The number of phenolic OH excluding ortho intramolecular Hbond substituents is 2. The van der Waals surface area contributed by atoms with Gasteiger partial charge in [-0.3, -0.25) is 4.79 Å². The maximum Gasteiger partial charge on any atom is 0.256 e. The van der Waals surface area contributed by atoms with Gasteiger partial charge in [0.25, 0.3) is 5.91 Å². The monoisotopic (exact) mass is 237 g/mol. The lowest BCUT2D eigenvalue weighted by atomic mass is 10.2. The van der Waals surface area contributed by atoms with Crippen molar-refractivity contribution in [2.24, 2.45) is 0 Å². The average Bonchev–Trinajstić information content (AvgIpc) is 2.68. The maximum absolute atomic E-state index is 11.6. The Morgan fingerprint density at radius 1 is 1.25 bits per heavy atom. The van der Waals surface area contributed by atoms with Crippen LogP contribution >= 0.6 is 11.5 Å². The lowest BCUT2D eigenvalue weighted by Gasteiger charge is -2.03. The van der Waals surface area contributed by atoms with Crippen LogP contribution in [0, 0.1) is 0 Å². The highest BCUT2D eigenvalue weighted by atomic mass is 32.1. The minimum absolute atomic E-state index is 0.158. The number of nitrogens with one attached hydrogen (secondary N) is 1. The molecule has 0 saturated heterocycles. The Hall–Kier alpha value is -2.15. The number of anilines is 1. The molecule has 2 rings (SSSR count). The molecule has 16 heavy (non-hydrogen) atoms. The van der Waals surface area contributed by atoms with E-state index in [0.717, 1.165) is 17.6 Å². The Balaban J connectivity index is 2.21. The van der Waals surface area contributed by atoms with E-state index in [1.54, 1.807) is 0 Å². The zero-order valence-corrected chi connectivity index (χ0v) is 8.73. The highest BCUT2D eigenvalue weighted by Gasteiger charge is 2.09. The van der Waals surface area contributed by atoms with Crippen LogP contribution in [0.3, 0.4) is 0 Å². The summed E-state index contributed by atoms with van der Waals surface area (Å²) in [6.07, 6.45) is 1.41. The Labute approximate surface area is 94.3 Å². The van der Waals surface area contributed by atoms with Crippen LogP contribution in [0.15, 0.2) is 24.4 Å². The molecule has 82 valence electrons. The van der Waals surface area contributed by atoms with E-state index in [2.05, 4.69) is 14.9 Å². The van der Waals surface area contributed by atoms with Crippen LogP contribution in [0.2, 0.25) is 0 Å².